The van der Waals surface area contributed by atoms with Crippen LogP contribution >= 0.6 is 0 Å². The molecule has 0 fully saturated rings. The number of carbonyl (C=O) groups is 2. The number of primary amides is 1. The molecule has 0 aromatic carbocycles. The summed E-state index contributed by atoms with van der Waals surface area (Å²) in [6, 6.07) is 0. The molecule has 0 radical (unpaired) electrons. The Morgan fingerprint density at radius 2 is 2.18 bits per heavy atom. The number of nitrogens with zero attached hydrogens (tertiary/aromatic N) is 2. The van der Waals surface area contributed by atoms with Gasteiger partial charge in [-0.05, 0) is 31.1 Å². The molecule has 0 aromatic rings. The number of fused-ring (bicyclic) bond motifs is 2. The van der Waals surface area contributed by atoms with Gasteiger partial charge in [0.1, 0.15) is 0 Å². The van der Waals surface area contributed by atoms with Gasteiger partial charge >= 0.3 is 0 Å². The van der Waals surface area contributed by atoms with E-state index in [1.165, 1.54) is 6.20 Å². The summed E-state index contributed by atoms with van der Waals surface area (Å²) >= 11 is 0. The third-order valence-corrected chi connectivity index (χ3v) is 4.21. The number of hydroxylamine groups is 2. The lowest BCUT2D eigenvalue weighted by molar-refractivity contribution is -0.124. The van der Waals surface area contributed by atoms with Crippen molar-refractivity contribution in [2.45, 2.75) is 13.3 Å². The highest BCUT2D eigenvalue weighted by Gasteiger charge is 2.35. The minimum absolute atomic E-state index is 0.0641. The predicted molar refractivity (Wildman–Crippen MR) is 79.8 cm³/mol. The summed E-state index contributed by atoms with van der Waals surface area (Å²) in [5, 5.41) is 11.3. The van der Waals surface area contributed by atoms with E-state index in [1.54, 1.807) is 30.1 Å². The van der Waals surface area contributed by atoms with E-state index in [0.29, 0.717) is 29.9 Å². The van der Waals surface area contributed by atoms with Crippen LogP contribution in [-0.2, 0) is 9.59 Å². The Morgan fingerprint density at radius 3 is 2.86 bits per heavy atom. The topological polar surface area (TPSA) is 86.9 Å². The first-order valence-electron chi connectivity index (χ1n) is 6.98. The van der Waals surface area contributed by atoms with Gasteiger partial charge in [-0.15, -0.1) is 0 Å². The summed E-state index contributed by atoms with van der Waals surface area (Å²) < 4.78 is 0. The van der Waals surface area contributed by atoms with Crippen molar-refractivity contribution < 1.29 is 14.8 Å². The number of amides is 2. The second-order valence-corrected chi connectivity index (χ2v) is 5.67. The van der Waals surface area contributed by atoms with Crippen LogP contribution in [0.1, 0.15) is 13.3 Å². The zero-order valence-electron chi connectivity index (χ0n) is 12.2. The molecule has 22 heavy (non-hydrogen) atoms. The van der Waals surface area contributed by atoms with Crippen molar-refractivity contribution in [3.8, 4) is 0 Å². The van der Waals surface area contributed by atoms with E-state index >= 15 is 0 Å². The normalized spacial score (nSPS) is 23.7. The summed E-state index contributed by atoms with van der Waals surface area (Å²) in [6.45, 7) is 5.88. The van der Waals surface area contributed by atoms with E-state index in [1.807, 2.05) is 0 Å². The lowest BCUT2D eigenvalue weighted by Gasteiger charge is -2.28. The van der Waals surface area contributed by atoms with E-state index in [9.17, 15) is 14.8 Å². The number of allylic oxidation sites excluding steroid dienone is 3. The van der Waals surface area contributed by atoms with Crippen molar-refractivity contribution in [3.05, 3.63) is 59.1 Å². The molecule has 1 aliphatic carbocycles. The molecule has 2 aliphatic heterocycles. The number of hydrogen-bond donors (Lipinski definition) is 2. The Labute approximate surface area is 128 Å². The van der Waals surface area contributed by atoms with Crippen molar-refractivity contribution in [1.82, 2.24) is 9.96 Å². The Balaban J connectivity index is 1.94. The molecule has 0 aromatic heterocycles. The zero-order valence-corrected chi connectivity index (χ0v) is 12.2. The molecule has 0 saturated carbocycles. The molecular formula is C16H17N3O3. The Hall–Kier alpha value is -2.60. The van der Waals surface area contributed by atoms with E-state index in [0.717, 1.165) is 10.6 Å². The van der Waals surface area contributed by atoms with Gasteiger partial charge in [0, 0.05) is 23.6 Å². The third-order valence-electron chi connectivity index (χ3n) is 4.21. The van der Waals surface area contributed by atoms with Crippen LogP contribution in [0.5, 0.6) is 0 Å². The molecule has 3 aliphatic rings. The second kappa shape index (κ2) is 4.99. The average Bonchev–Trinajstić information content (AvgIpc) is 2.66. The van der Waals surface area contributed by atoms with Gasteiger partial charge in [0.25, 0.3) is 5.91 Å². The largest absolute Gasteiger partial charge is 0.366 e. The van der Waals surface area contributed by atoms with Gasteiger partial charge in [-0.2, -0.15) is 0 Å². The lowest BCUT2D eigenvalue weighted by Crippen LogP contribution is -2.32. The van der Waals surface area contributed by atoms with Crippen LogP contribution in [0.25, 0.3) is 0 Å². The first-order chi connectivity index (χ1) is 10.4. The SMILES string of the molecule is C=C(C(N)=O)C1=CC=C2C(C1)CN1C(=O)C(C)=CC1=CN2O. The second-order valence-electron chi connectivity index (χ2n) is 5.67. The fourth-order valence-electron chi connectivity index (χ4n) is 2.97. The van der Waals surface area contributed by atoms with Crippen LogP contribution in [0.2, 0.25) is 0 Å². The van der Waals surface area contributed by atoms with Gasteiger partial charge < -0.3 is 10.6 Å². The summed E-state index contributed by atoms with van der Waals surface area (Å²) in [5.74, 6) is -0.755. The summed E-state index contributed by atoms with van der Waals surface area (Å²) in [6.07, 6.45) is 7.24. The number of hydrogen-bond acceptors (Lipinski definition) is 4. The average molecular weight is 299 g/mol. The van der Waals surface area contributed by atoms with Gasteiger partial charge in [-0.3, -0.25) is 14.8 Å². The van der Waals surface area contributed by atoms with Crippen LogP contribution < -0.4 is 5.73 Å². The maximum absolute atomic E-state index is 12.2. The van der Waals surface area contributed by atoms with Gasteiger partial charge in [0.05, 0.1) is 17.6 Å². The summed E-state index contributed by atoms with van der Waals surface area (Å²) in [7, 11) is 0. The molecule has 0 spiro atoms. The molecule has 0 saturated heterocycles. The smallest absolute Gasteiger partial charge is 0.254 e. The van der Waals surface area contributed by atoms with Crippen LogP contribution in [-0.4, -0.2) is 33.5 Å². The molecule has 3 N–H and O–H groups in total. The molecule has 114 valence electrons. The standard InChI is InChI=1S/C16H17N3O3/c1-9-5-13-8-19(22)14-4-3-11(10(2)15(17)20)6-12(14)7-18(13)16(9)21/h3-5,8,12,22H,2,6-7H2,1H3,(H2,17,20). The molecule has 6 heteroatoms. The van der Waals surface area contributed by atoms with Gasteiger partial charge in [0.15, 0.2) is 0 Å². The molecule has 2 heterocycles. The molecule has 1 unspecified atom stereocenters. The highest BCUT2D eigenvalue weighted by molar-refractivity contribution is 5.98. The summed E-state index contributed by atoms with van der Waals surface area (Å²) in [5.41, 5.74) is 8.25. The van der Waals surface area contributed by atoms with E-state index < -0.39 is 5.91 Å². The maximum Gasteiger partial charge on any atom is 0.254 e. The minimum Gasteiger partial charge on any atom is -0.366 e. The maximum atomic E-state index is 12.2. The van der Waals surface area contributed by atoms with Crippen molar-refractivity contribution in [2.24, 2.45) is 11.7 Å². The Bertz CT molecular complexity index is 712. The third kappa shape index (κ3) is 2.17. The predicted octanol–water partition coefficient (Wildman–Crippen LogP) is 1.19. The molecule has 2 amide bonds. The van der Waals surface area contributed by atoms with Crippen molar-refractivity contribution in [1.29, 1.82) is 0 Å². The highest BCUT2D eigenvalue weighted by atomic mass is 16.5. The van der Waals surface area contributed by atoms with Crippen LogP contribution in [0.3, 0.4) is 0 Å². The first kappa shape index (κ1) is 14.3. The molecular weight excluding hydrogens is 282 g/mol. The zero-order chi connectivity index (χ0) is 16.0. The first-order valence-corrected chi connectivity index (χ1v) is 6.98. The van der Waals surface area contributed by atoms with Crippen LogP contribution in [0, 0.1) is 5.92 Å². The monoisotopic (exact) mass is 299 g/mol. The molecule has 6 nitrogen and oxygen atoms in total. The number of carbonyl (C=O) groups excluding carboxylic acids is 2. The van der Waals surface area contributed by atoms with Crippen LogP contribution in [0.15, 0.2) is 59.1 Å². The van der Waals surface area contributed by atoms with Gasteiger partial charge in [0.2, 0.25) is 5.91 Å². The highest BCUT2D eigenvalue weighted by Crippen LogP contribution is 2.36. The molecule has 0 bridgehead atoms. The number of rotatable bonds is 2. The fraction of sp³-hybridized carbons (Fsp3) is 0.250. The fourth-order valence-corrected chi connectivity index (χ4v) is 2.97. The minimum atomic E-state index is -0.564. The Morgan fingerprint density at radius 1 is 1.45 bits per heavy atom. The van der Waals surface area contributed by atoms with Gasteiger partial charge in [-0.1, -0.05) is 12.7 Å². The van der Waals surface area contributed by atoms with Crippen molar-refractivity contribution in [2.75, 3.05) is 6.54 Å². The lowest BCUT2D eigenvalue weighted by atomic mass is 9.87. The van der Waals surface area contributed by atoms with Crippen molar-refractivity contribution >= 4 is 11.8 Å². The van der Waals surface area contributed by atoms with Crippen molar-refractivity contribution in [3.63, 3.8) is 0 Å². The quantitative estimate of drug-likeness (QED) is 0.750. The van der Waals surface area contributed by atoms with E-state index in [4.69, 9.17) is 5.73 Å². The molecule has 1 atom stereocenters. The number of nitrogens with two attached hydrogens (primary N) is 1. The summed E-state index contributed by atoms with van der Waals surface area (Å²) in [4.78, 5) is 25.1. The van der Waals surface area contributed by atoms with E-state index in [2.05, 4.69) is 6.58 Å². The van der Waals surface area contributed by atoms with Gasteiger partial charge in [-0.25, -0.2) is 5.06 Å². The molecule has 3 rings (SSSR count). The van der Waals surface area contributed by atoms with E-state index in [-0.39, 0.29) is 17.4 Å². The Kier molecular flexibility index (Phi) is 3.26. The van der Waals surface area contributed by atoms with Crippen LogP contribution in [0.4, 0.5) is 0 Å².